The maximum Gasteiger partial charge on any atom is 0.236 e. The molecule has 0 bridgehead atoms. The summed E-state index contributed by atoms with van der Waals surface area (Å²) < 4.78 is 13.4. The number of halogens is 1. The molecule has 0 aliphatic heterocycles. The standard InChI is InChI=1S/C22H16FN5OS3/c1-2-20-27-28-22(32-20)26-19(29)12-31-21-16(11-24)15(13-5-7-14(23)8-6-13)10-17(25-21)18-4-3-9-30-18/h3-10H,2,12H2,1H3,(H,26,28,29). The van der Waals surface area contributed by atoms with Crippen molar-refractivity contribution in [2.45, 2.75) is 18.4 Å². The maximum atomic E-state index is 13.4. The van der Waals surface area contributed by atoms with E-state index in [-0.39, 0.29) is 17.5 Å². The van der Waals surface area contributed by atoms with Crippen LogP contribution in [0.5, 0.6) is 0 Å². The molecule has 32 heavy (non-hydrogen) atoms. The molecule has 4 aromatic rings. The minimum Gasteiger partial charge on any atom is -0.300 e. The van der Waals surface area contributed by atoms with E-state index in [1.807, 2.05) is 30.5 Å². The van der Waals surface area contributed by atoms with E-state index in [4.69, 9.17) is 0 Å². The number of nitrogens with zero attached hydrogens (tertiary/aromatic N) is 4. The summed E-state index contributed by atoms with van der Waals surface area (Å²) in [5, 5.41) is 24.2. The van der Waals surface area contributed by atoms with Gasteiger partial charge >= 0.3 is 0 Å². The van der Waals surface area contributed by atoms with Gasteiger partial charge < -0.3 is 0 Å². The number of thiophene rings is 1. The molecule has 1 amide bonds. The van der Waals surface area contributed by atoms with Gasteiger partial charge in [-0.2, -0.15) is 5.26 Å². The first kappa shape index (κ1) is 22.1. The first-order chi connectivity index (χ1) is 15.6. The Balaban J connectivity index is 1.64. The predicted octanol–water partition coefficient (Wildman–Crippen LogP) is 5.63. The molecule has 0 radical (unpaired) electrons. The quantitative estimate of drug-likeness (QED) is 0.344. The monoisotopic (exact) mass is 481 g/mol. The van der Waals surface area contributed by atoms with Crippen LogP contribution in [0.1, 0.15) is 17.5 Å². The first-order valence-electron chi connectivity index (χ1n) is 9.57. The molecule has 0 aliphatic carbocycles. The summed E-state index contributed by atoms with van der Waals surface area (Å²) in [6.45, 7) is 1.97. The highest BCUT2D eigenvalue weighted by Crippen LogP contribution is 2.35. The van der Waals surface area contributed by atoms with E-state index in [0.717, 1.165) is 16.3 Å². The second-order valence-electron chi connectivity index (χ2n) is 6.52. The van der Waals surface area contributed by atoms with Crippen LogP contribution in [0.25, 0.3) is 21.7 Å². The smallest absolute Gasteiger partial charge is 0.236 e. The van der Waals surface area contributed by atoms with Crippen LogP contribution in [-0.4, -0.2) is 26.8 Å². The number of pyridine rings is 1. The van der Waals surface area contributed by atoms with E-state index in [1.54, 1.807) is 12.1 Å². The Bertz CT molecular complexity index is 1280. The number of benzene rings is 1. The molecule has 6 nitrogen and oxygen atoms in total. The summed E-state index contributed by atoms with van der Waals surface area (Å²) in [5.41, 5.74) is 2.39. The predicted molar refractivity (Wildman–Crippen MR) is 126 cm³/mol. The summed E-state index contributed by atoms with van der Waals surface area (Å²) in [6, 6.07) is 13.9. The molecule has 0 saturated heterocycles. The lowest BCUT2D eigenvalue weighted by molar-refractivity contribution is -0.113. The number of hydrogen-bond acceptors (Lipinski definition) is 8. The average Bonchev–Trinajstić information content (AvgIpc) is 3.50. The van der Waals surface area contributed by atoms with Gasteiger partial charge in [-0.1, -0.05) is 48.2 Å². The van der Waals surface area contributed by atoms with Crippen molar-refractivity contribution in [1.29, 1.82) is 5.26 Å². The van der Waals surface area contributed by atoms with Gasteiger partial charge in [0.25, 0.3) is 0 Å². The number of aromatic nitrogens is 3. The third-order valence-electron chi connectivity index (χ3n) is 4.38. The number of amides is 1. The van der Waals surface area contributed by atoms with Gasteiger partial charge in [0.2, 0.25) is 11.0 Å². The Morgan fingerprint density at radius 1 is 1.25 bits per heavy atom. The topological polar surface area (TPSA) is 91.6 Å². The van der Waals surface area contributed by atoms with Crippen molar-refractivity contribution in [3.63, 3.8) is 0 Å². The van der Waals surface area contributed by atoms with Crippen LogP contribution in [0.4, 0.5) is 9.52 Å². The number of anilines is 1. The van der Waals surface area contributed by atoms with Crippen molar-refractivity contribution in [3.8, 4) is 27.8 Å². The number of nitriles is 1. The SMILES string of the molecule is CCc1nnc(NC(=O)CSc2nc(-c3cccs3)cc(-c3ccc(F)cc3)c2C#N)s1. The Morgan fingerprint density at radius 3 is 2.72 bits per heavy atom. The Labute approximate surface area is 196 Å². The second-order valence-corrected chi connectivity index (χ2v) is 9.50. The van der Waals surface area contributed by atoms with Gasteiger partial charge in [-0.05, 0) is 41.6 Å². The summed E-state index contributed by atoms with van der Waals surface area (Å²) >= 11 is 4.04. The third kappa shape index (κ3) is 5.02. The number of thioether (sulfide) groups is 1. The molecule has 3 heterocycles. The van der Waals surface area contributed by atoms with Crippen molar-refractivity contribution < 1.29 is 9.18 Å². The molecule has 0 saturated carbocycles. The van der Waals surface area contributed by atoms with Gasteiger partial charge in [0.05, 0.1) is 21.9 Å². The zero-order valence-corrected chi connectivity index (χ0v) is 19.3. The summed E-state index contributed by atoms with van der Waals surface area (Å²) in [5.74, 6) is -0.558. The highest BCUT2D eigenvalue weighted by atomic mass is 32.2. The van der Waals surface area contributed by atoms with E-state index in [1.165, 1.54) is 46.6 Å². The van der Waals surface area contributed by atoms with Crippen LogP contribution in [0.15, 0.2) is 52.9 Å². The van der Waals surface area contributed by atoms with Crippen molar-refractivity contribution in [2.24, 2.45) is 0 Å². The Kier molecular flexibility index (Phi) is 6.90. The Morgan fingerprint density at radius 2 is 2.06 bits per heavy atom. The van der Waals surface area contributed by atoms with E-state index in [0.29, 0.717) is 32.5 Å². The molecule has 0 aliphatic rings. The number of carbonyl (C=O) groups is 1. The lowest BCUT2D eigenvalue weighted by Crippen LogP contribution is -2.14. The molecular formula is C22H16FN5OS3. The highest BCUT2D eigenvalue weighted by molar-refractivity contribution is 8.00. The molecule has 3 aromatic heterocycles. The molecular weight excluding hydrogens is 465 g/mol. The van der Waals surface area contributed by atoms with Crippen LogP contribution >= 0.6 is 34.4 Å². The fraction of sp³-hybridized carbons (Fsp3) is 0.136. The van der Waals surface area contributed by atoms with Crippen LogP contribution in [0.2, 0.25) is 0 Å². The average molecular weight is 482 g/mol. The van der Waals surface area contributed by atoms with Crippen molar-refractivity contribution in [3.05, 3.63) is 64.2 Å². The van der Waals surface area contributed by atoms with Gasteiger partial charge in [0.1, 0.15) is 21.9 Å². The maximum absolute atomic E-state index is 13.4. The lowest BCUT2D eigenvalue weighted by Gasteiger charge is -2.12. The highest BCUT2D eigenvalue weighted by Gasteiger charge is 2.18. The number of carbonyl (C=O) groups excluding carboxylic acids is 1. The van der Waals surface area contributed by atoms with E-state index in [9.17, 15) is 14.4 Å². The summed E-state index contributed by atoms with van der Waals surface area (Å²) in [6.07, 6.45) is 0.749. The van der Waals surface area contributed by atoms with Crippen molar-refractivity contribution >= 4 is 45.5 Å². The molecule has 160 valence electrons. The number of nitrogens with one attached hydrogen (secondary N) is 1. The largest absolute Gasteiger partial charge is 0.300 e. The normalized spacial score (nSPS) is 10.7. The first-order valence-corrected chi connectivity index (χ1v) is 12.3. The molecule has 0 atom stereocenters. The molecule has 0 unspecified atom stereocenters. The number of hydrogen-bond donors (Lipinski definition) is 1. The number of aryl methyl sites for hydroxylation is 1. The summed E-state index contributed by atoms with van der Waals surface area (Å²) in [4.78, 5) is 18.0. The third-order valence-corrected chi connectivity index (χ3v) is 7.23. The molecule has 10 heteroatoms. The van der Waals surface area contributed by atoms with Crippen molar-refractivity contribution in [2.75, 3.05) is 11.1 Å². The van der Waals surface area contributed by atoms with Gasteiger partial charge in [0, 0.05) is 5.56 Å². The fourth-order valence-corrected chi connectivity index (χ4v) is 5.06. The zero-order valence-electron chi connectivity index (χ0n) is 16.8. The van der Waals surface area contributed by atoms with E-state index < -0.39 is 0 Å². The van der Waals surface area contributed by atoms with Crippen LogP contribution in [0, 0.1) is 17.1 Å². The van der Waals surface area contributed by atoms with E-state index in [2.05, 4.69) is 26.6 Å². The van der Waals surface area contributed by atoms with Crippen LogP contribution < -0.4 is 5.32 Å². The molecule has 1 N–H and O–H groups in total. The van der Waals surface area contributed by atoms with Crippen LogP contribution in [0.3, 0.4) is 0 Å². The van der Waals surface area contributed by atoms with Crippen LogP contribution in [-0.2, 0) is 11.2 Å². The van der Waals surface area contributed by atoms with Gasteiger partial charge in [-0.15, -0.1) is 21.5 Å². The molecule has 1 aromatic carbocycles. The van der Waals surface area contributed by atoms with Gasteiger partial charge in [-0.3, -0.25) is 10.1 Å². The Hall–Kier alpha value is -3.13. The molecule has 4 rings (SSSR count). The summed E-state index contributed by atoms with van der Waals surface area (Å²) in [7, 11) is 0. The minimum absolute atomic E-state index is 0.0550. The molecule has 0 spiro atoms. The zero-order chi connectivity index (χ0) is 22.5. The molecule has 0 fully saturated rings. The number of rotatable bonds is 7. The fourth-order valence-electron chi connectivity index (χ4n) is 2.88. The van der Waals surface area contributed by atoms with Gasteiger partial charge in [0.15, 0.2) is 0 Å². The lowest BCUT2D eigenvalue weighted by atomic mass is 10.0. The van der Waals surface area contributed by atoms with E-state index >= 15 is 0 Å². The minimum atomic E-state index is -0.353. The second kappa shape index (κ2) is 9.99. The van der Waals surface area contributed by atoms with Crippen molar-refractivity contribution in [1.82, 2.24) is 15.2 Å². The van der Waals surface area contributed by atoms with Gasteiger partial charge in [-0.25, -0.2) is 9.37 Å².